The lowest BCUT2D eigenvalue weighted by molar-refractivity contribution is -0.870. The van der Waals surface area contributed by atoms with Crippen molar-refractivity contribution >= 4 is 17.9 Å². The van der Waals surface area contributed by atoms with Gasteiger partial charge in [0.25, 0.3) is 0 Å². The normalized spacial score (nSPS) is 12.7. The van der Waals surface area contributed by atoms with E-state index >= 15 is 0 Å². The first-order valence-electron chi connectivity index (χ1n) is 40.5. The minimum absolute atomic E-state index is 0.151. The smallest absolute Gasteiger partial charge is 0.306 e. The van der Waals surface area contributed by atoms with E-state index in [1.54, 1.807) is 0 Å². The summed E-state index contributed by atoms with van der Waals surface area (Å²) in [5.41, 5.74) is 0. The second kappa shape index (κ2) is 73.6. The maximum atomic E-state index is 12.9. The number of carboxylic acids is 1. The fourth-order valence-corrected chi connectivity index (χ4v) is 12.5. The molecule has 0 saturated heterocycles. The lowest BCUT2D eigenvalue weighted by Crippen LogP contribution is -2.44. The second-order valence-electron chi connectivity index (χ2n) is 29.1. The molecule has 0 aliphatic heterocycles. The van der Waals surface area contributed by atoms with Crippen LogP contribution in [0.4, 0.5) is 0 Å². The van der Waals surface area contributed by atoms with Crippen molar-refractivity contribution in [1.82, 2.24) is 0 Å². The number of nitrogens with zero attached hydrogens (tertiary/aromatic N) is 1. The van der Waals surface area contributed by atoms with Crippen LogP contribution < -0.4 is 5.11 Å². The van der Waals surface area contributed by atoms with Crippen LogP contribution in [0.15, 0.2) is 24.3 Å². The van der Waals surface area contributed by atoms with E-state index in [0.29, 0.717) is 23.9 Å². The molecule has 0 saturated carbocycles. The Hall–Kier alpha value is -2.23. The molecule has 0 heterocycles. The molecule has 9 heteroatoms. The standard InChI is InChI=1S/C82H157NO8/c1-6-8-10-12-14-16-18-20-22-24-26-28-30-32-33-34-35-36-37-38-39-40-41-42-43-44-45-46-47-49-50-52-54-56-58-60-62-64-66-68-70-72-79(84)89-76-78(77-90-82(81(86)87)88-75-74-83(3,4)5)91-80(85)73-71-69-67-65-63-61-59-57-55-53-51-48-31-29-27-25-23-21-19-17-15-13-11-9-7-2/h19,21,25,27,78,82H,6-18,20,22-24,26,28-77H2,1-5H3/b21-19-,27-25-. The fourth-order valence-electron chi connectivity index (χ4n) is 12.5. The lowest BCUT2D eigenvalue weighted by Gasteiger charge is -2.26. The van der Waals surface area contributed by atoms with Crippen molar-refractivity contribution in [2.24, 2.45) is 0 Å². The van der Waals surface area contributed by atoms with Gasteiger partial charge in [0.05, 0.1) is 40.3 Å². The number of esters is 2. The average Bonchev–Trinajstić information content (AvgIpc) is 3.46. The SMILES string of the molecule is CCCCCCC/C=C\C/C=C\CCCCCCCCCCCCCCCC(=O)OC(COC(=O)CCCCCCCCCCCCCCCCCCCCCCCCCCCCCCCCCCCCCCCCCCC)COC(OCC[N+](C)(C)C)C(=O)[O-]. The molecule has 0 rings (SSSR count). The molecular formula is C82H157NO8. The lowest BCUT2D eigenvalue weighted by atomic mass is 10.0. The summed E-state index contributed by atoms with van der Waals surface area (Å²) < 4.78 is 22.9. The van der Waals surface area contributed by atoms with Gasteiger partial charge in [-0.25, -0.2) is 0 Å². The van der Waals surface area contributed by atoms with Gasteiger partial charge in [-0.1, -0.05) is 391 Å². The molecule has 2 unspecified atom stereocenters. The molecule has 0 N–H and O–H groups in total. The molecule has 0 aliphatic carbocycles. The number of hydrogen-bond acceptors (Lipinski definition) is 8. The van der Waals surface area contributed by atoms with Gasteiger partial charge in [-0.05, 0) is 44.9 Å². The van der Waals surface area contributed by atoms with Crippen LogP contribution >= 0.6 is 0 Å². The first kappa shape index (κ1) is 88.8. The monoisotopic (exact) mass is 1280 g/mol. The van der Waals surface area contributed by atoms with Gasteiger partial charge in [0, 0.05) is 12.8 Å². The molecular weight excluding hydrogens is 1130 g/mol. The third kappa shape index (κ3) is 75.0. The van der Waals surface area contributed by atoms with Crippen molar-refractivity contribution in [3.63, 3.8) is 0 Å². The van der Waals surface area contributed by atoms with Gasteiger partial charge in [0.2, 0.25) is 0 Å². The summed E-state index contributed by atoms with van der Waals surface area (Å²) >= 11 is 0. The van der Waals surface area contributed by atoms with Crippen molar-refractivity contribution < 1.29 is 42.9 Å². The molecule has 0 aromatic rings. The topological polar surface area (TPSA) is 111 Å². The van der Waals surface area contributed by atoms with E-state index < -0.39 is 24.3 Å². The number of ether oxygens (including phenoxy) is 4. The Bertz CT molecular complexity index is 1540. The van der Waals surface area contributed by atoms with Crippen molar-refractivity contribution in [3.8, 4) is 0 Å². The molecule has 0 bridgehead atoms. The molecule has 9 nitrogen and oxygen atoms in total. The van der Waals surface area contributed by atoms with Crippen molar-refractivity contribution in [1.29, 1.82) is 0 Å². The Kier molecular flexibility index (Phi) is 71.8. The molecule has 91 heavy (non-hydrogen) atoms. The highest BCUT2D eigenvalue weighted by atomic mass is 16.7. The number of hydrogen-bond donors (Lipinski definition) is 0. The Morgan fingerprint density at radius 1 is 0.330 bits per heavy atom. The van der Waals surface area contributed by atoms with Crippen LogP contribution in [0, 0.1) is 0 Å². The zero-order chi connectivity index (χ0) is 66.1. The maximum Gasteiger partial charge on any atom is 0.306 e. The van der Waals surface area contributed by atoms with Crippen LogP contribution in [0.2, 0.25) is 0 Å². The molecule has 538 valence electrons. The van der Waals surface area contributed by atoms with Crippen LogP contribution in [-0.4, -0.2) is 82.3 Å². The number of aliphatic carboxylic acids is 1. The van der Waals surface area contributed by atoms with Gasteiger partial charge in [-0.2, -0.15) is 0 Å². The highest BCUT2D eigenvalue weighted by Gasteiger charge is 2.22. The van der Waals surface area contributed by atoms with E-state index in [0.717, 1.165) is 38.5 Å². The number of rotatable bonds is 77. The van der Waals surface area contributed by atoms with Crippen LogP contribution in [0.3, 0.4) is 0 Å². The van der Waals surface area contributed by atoms with Gasteiger partial charge in [0.1, 0.15) is 13.2 Å². The highest BCUT2D eigenvalue weighted by Crippen LogP contribution is 2.20. The molecule has 0 aliphatic rings. The summed E-state index contributed by atoms with van der Waals surface area (Å²) in [6.45, 7) is 4.82. The number of allylic oxidation sites excluding steroid dienone is 4. The van der Waals surface area contributed by atoms with Gasteiger partial charge in [-0.3, -0.25) is 9.59 Å². The number of carbonyl (C=O) groups is 3. The van der Waals surface area contributed by atoms with Crippen molar-refractivity contribution in [2.45, 2.75) is 437 Å². The number of carbonyl (C=O) groups excluding carboxylic acids is 3. The number of carboxylic acid groups (broad SMARTS) is 1. The van der Waals surface area contributed by atoms with Crippen LogP contribution in [0.5, 0.6) is 0 Å². The Labute approximate surface area is 567 Å². The van der Waals surface area contributed by atoms with E-state index in [1.165, 1.54) is 353 Å². The van der Waals surface area contributed by atoms with Gasteiger partial charge in [-0.15, -0.1) is 0 Å². The zero-order valence-corrected chi connectivity index (χ0v) is 61.8. The predicted octanol–water partition coefficient (Wildman–Crippen LogP) is 24.4. The number of unbranched alkanes of at least 4 members (excludes halogenated alkanes) is 58. The van der Waals surface area contributed by atoms with Crippen LogP contribution in [0.1, 0.15) is 425 Å². The van der Waals surface area contributed by atoms with Crippen LogP contribution in [0.25, 0.3) is 0 Å². The summed E-state index contributed by atoms with van der Waals surface area (Å²) in [5.74, 6) is -2.25. The molecule has 0 fully saturated rings. The summed E-state index contributed by atoms with van der Waals surface area (Å²) in [7, 11) is 5.95. The summed E-state index contributed by atoms with van der Waals surface area (Å²) in [6, 6.07) is 0. The number of quaternary nitrogens is 1. The minimum Gasteiger partial charge on any atom is -0.545 e. The van der Waals surface area contributed by atoms with Crippen molar-refractivity contribution in [2.75, 3.05) is 47.5 Å². The molecule has 0 amide bonds. The third-order valence-electron chi connectivity index (χ3n) is 18.7. The quantitative estimate of drug-likeness (QED) is 0.0195. The first-order valence-corrected chi connectivity index (χ1v) is 40.5. The average molecular weight is 1290 g/mol. The van der Waals surface area contributed by atoms with E-state index in [2.05, 4.69) is 38.2 Å². The van der Waals surface area contributed by atoms with Gasteiger partial charge in [0.15, 0.2) is 12.4 Å². The van der Waals surface area contributed by atoms with E-state index in [1.807, 2.05) is 21.1 Å². The molecule has 2 atom stereocenters. The molecule has 0 aromatic carbocycles. The summed E-state index contributed by atoms with van der Waals surface area (Å²) in [4.78, 5) is 37.6. The molecule has 0 radical (unpaired) electrons. The third-order valence-corrected chi connectivity index (χ3v) is 18.7. The van der Waals surface area contributed by atoms with E-state index in [4.69, 9.17) is 18.9 Å². The predicted molar refractivity (Wildman–Crippen MR) is 390 cm³/mol. The Morgan fingerprint density at radius 2 is 0.593 bits per heavy atom. The fraction of sp³-hybridized carbons (Fsp3) is 0.915. The minimum atomic E-state index is -1.62. The first-order chi connectivity index (χ1) is 44.6. The van der Waals surface area contributed by atoms with E-state index in [-0.39, 0.29) is 32.2 Å². The second-order valence-corrected chi connectivity index (χ2v) is 29.1. The highest BCUT2D eigenvalue weighted by molar-refractivity contribution is 5.70. The Balaban J connectivity index is 3.90. The largest absolute Gasteiger partial charge is 0.545 e. The van der Waals surface area contributed by atoms with Crippen LogP contribution in [-0.2, 0) is 33.3 Å². The summed E-state index contributed by atoms with van der Waals surface area (Å²) in [6.07, 6.45) is 90.4. The van der Waals surface area contributed by atoms with E-state index in [9.17, 15) is 19.5 Å². The summed E-state index contributed by atoms with van der Waals surface area (Å²) in [5, 5.41) is 11.8. The zero-order valence-electron chi connectivity index (χ0n) is 61.8. The van der Waals surface area contributed by atoms with Gasteiger partial charge < -0.3 is 33.3 Å². The molecule has 0 aromatic heterocycles. The van der Waals surface area contributed by atoms with Gasteiger partial charge >= 0.3 is 11.9 Å². The Morgan fingerprint density at radius 3 is 0.868 bits per heavy atom. The molecule has 0 spiro atoms. The maximum absolute atomic E-state index is 12.9. The number of likely N-dealkylation sites (N-methyl/N-ethyl adjacent to an activating group) is 1. The van der Waals surface area contributed by atoms with Crippen molar-refractivity contribution in [3.05, 3.63) is 24.3 Å².